The maximum atomic E-state index is 13.3. The number of unbranched alkanes of at least 4 members (excludes halogenated alkanes) is 1. The average Bonchev–Trinajstić information content (AvgIpc) is 2.83. The summed E-state index contributed by atoms with van der Waals surface area (Å²) in [5.41, 5.74) is -0.604. The van der Waals surface area contributed by atoms with Crippen molar-refractivity contribution in [2.75, 3.05) is 6.54 Å². The van der Waals surface area contributed by atoms with E-state index >= 15 is 0 Å². The van der Waals surface area contributed by atoms with Crippen LogP contribution in [0.1, 0.15) is 99.5 Å². The van der Waals surface area contributed by atoms with E-state index in [2.05, 4.69) is 38.3 Å². The van der Waals surface area contributed by atoms with Gasteiger partial charge in [0, 0.05) is 6.42 Å². The Morgan fingerprint density at radius 2 is 1.49 bits per heavy atom. The first-order valence-electron chi connectivity index (χ1n) is 13.7. The summed E-state index contributed by atoms with van der Waals surface area (Å²) in [5, 5.41) is 5.32. The van der Waals surface area contributed by atoms with Gasteiger partial charge in [0.25, 0.3) is 0 Å². The zero-order chi connectivity index (χ0) is 28.4. The van der Waals surface area contributed by atoms with Crippen molar-refractivity contribution in [3.05, 3.63) is 35.9 Å². The summed E-state index contributed by atoms with van der Waals surface area (Å²) in [6, 6.07) is 8.38. The lowest BCUT2D eigenvalue weighted by Crippen LogP contribution is -2.52. The minimum Gasteiger partial charge on any atom is -0.460 e. The van der Waals surface area contributed by atoms with Gasteiger partial charge in [-0.15, -0.1) is 0 Å². The Morgan fingerprint density at radius 1 is 0.892 bits per heavy atom. The molecule has 37 heavy (non-hydrogen) atoms. The zero-order valence-electron chi connectivity index (χ0n) is 24.3. The number of hydrogen-bond acceptors (Lipinski definition) is 5. The van der Waals surface area contributed by atoms with Crippen LogP contribution in [0.15, 0.2) is 30.3 Å². The molecule has 0 saturated heterocycles. The van der Waals surface area contributed by atoms with E-state index in [1.807, 2.05) is 44.2 Å². The van der Waals surface area contributed by atoms with Gasteiger partial charge in [-0.3, -0.25) is 19.2 Å². The van der Waals surface area contributed by atoms with Crippen molar-refractivity contribution in [3.63, 3.8) is 0 Å². The fourth-order valence-electron chi connectivity index (χ4n) is 3.49. The van der Waals surface area contributed by atoms with E-state index in [4.69, 9.17) is 4.74 Å². The Hall–Kier alpha value is -2.70. The second kappa shape index (κ2) is 18.5. The normalized spacial score (nSPS) is 11.8. The minimum atomic E-state index is -1.43. The van der Waals surface area contributed by atoms with Gasteiger partial charge < -0.3 is 15.4 Å². The Labute approximate surface area is 224 Å². The molecule has 7 heteroatoms. The second-order valence-electron chi connectivity index (χ2n) is 10.9. The largest absolute Gasteiger partial charge is 0.460 e. The lowest BCUT2D eigenvalue weighted by molar-refractivity contribution is -0.160. The Balaban J connectivity index is 0.00000410. The van der Waals surface area contributed by atoms with Crippen molar-refractivity contribution in [1.82, 2.24) is 10.6 Å². The molecule has 0 radical (unpaired) electrons. The lowest BCUT2D eigenvalue weighted by Gasteiger charge is -2.28. The summed E-state index contributed by atoms with van der Waals surface area (Å²) in [5.74, 6) is -0.977. The van der Waals surface area contributed by atoms with Crippen molar-refractivity contribution in [1.29, 1.82) is 0 Å². The summed E-state index contributed by atoms with van der Waals surface area (Å²) in [4.78, 5) is 50.5. The number of nitrogens with one attached hydrogen (secondary N) is 2. The van der Waals surface area contributed by atoms with Gasteiger partial charge in [-0.2, -0.15) is 0 Å². The van der Waals surface area contributed by atoms with Crippen molar-refractivity contribution in [3.8, 4) is 0 Å². The number of benzene rings is 1. The zero-order valence-corrected chi connectivity index (χ0v) is 24.3. The molecule has 0 saturated carbocycles. The van der Waals surface area contributed by atoms with E-state index < -0.39 is 29.1 Å². The molecule has 0 heterocycles. The second-order valence-corrected chi connectivity index (χ2v) is 10.9. The molecular weight excluding hydrogens is 468 g/mol. The highest BCUT2D eigenvalue weighted by atomic mass is 16.5. The first-order chi connectivity index (χ1) is 17.3. The van der Waals surface area contributed by atoms with Gasteiger partial charge in [-0.05, 0) is 44.1 Å². The third kappa shape index (κ3) is 15.2. The summed E-state index contributed by atoms with van der Waals surface area (Å²) in [6.45, 7) is 15.3. The summed E-state index contributed by atoms with van der Waals surface area (Å²) in [7, 11) is 0. The van der Waals surface area contributed by atoms with Gasteiger partial charge in [0.15, 0.2) is 5.78 Å². The molecular formula is C30H50N2O5. The van der Waals surface area contributed by atoms with Crippen LogP contribution in [0.5, 0.6) is 0 Å². The summed E-state index contributed by atoms with van der Waals surface area (Å²) in [6.07, 6.45) is 4.81. The van der Waals surface area contributed by atoms with Gasteiger partial charge in [-0.25, -0.2) is 0 Å². The van der Waals surface area contributed by atoms with Gasteiger partial charge in [-0.1, -0.05) is 91.1 Å². The number of rotatable bonds is 15. The first-order valence-corrected chi connectivity index (χ1v) is 13.7. The van der Waals surface area contributed by atoms with Crippen molar-refractivity contribution < 1.29 is 23.9 Å². The summed E-state index contributed by atoms with van der Waals surface area (Å²) < 4.78 is 5.39. The molecule has 2 N–H and O–H groups in total. The van der Waals surface area contributed by atoms with Crippen LogP contribution in [-0.4, -0.2) is 36.2 Å². The topological polar surface area (TPSA) is 102 Å². The Morgan fingerprint density at radius 3 is 2.03 bits per heavy atom. The maximum absolute atomic E-state index is 13.3. The molecule has 0 fully saturated rings. The molecule has 0 aliphatic heterocycles. The molecule has 1 aromatic carbocycles. The molecule has 0 aromatic heterocycles. The fourth-order valence-corrected chi connectivity index (χ4v) is 3.49. The molecule has 0 bridgehead atoms. The van der Waals surface area contributed by atoms with E-state index in [1.54, 1.807) is 0 Å². The van der Waals surface area contributed by atoms with E-state index in [1.165, 1.54) is 20.3 Å². The third-order valence-corrected chi connectivity index (χ3v) is 5.58. The van der Waals surface area contributed by atoms with Gasteiger partial charge in [0.2, 0.25) is 11.8 Å². The monoisotopic (exact) mass is 518 g/mol. The molecule has 7 nitrogen and oxygen atoms in total. The minimum absolute atomic E-state index is 0.0702. The van der Waals surface area contributed by atoms with Crippen molar-refractivity contribution >= 4 is 23.6 Å². The number of ether oxygens (including phenoxy) is 1. The number of hydrogen-bond donors (Lipinski definition) is 2. The number of amides is 2. The predicted molar refractivity (Wildman–Crippen MR) is 149 cm³/mol. The van der Waals surface area contributed by atoms with Crippen LogP contribution >= 0.6 is 0 Å². The van der Waals surface area contributed by atoms with Crippen LogP contribution in [0.4, 0.5) is 0 Å². The highest BCUT2D eigenvalue weighted by Gasteiger charge is 2.42. The Bertz CT molecular complexity index is 819. The van der Waals surface area contributed by atoms with Crippen LogP contribution in [0.2, 0.25) is 0 Å². The molecule has 2 amide bonds. The maximum Gasteiger partial charge on any atom is 0.319 e. The number of esters is 1. The van der Waals surface area contributed by atoms with Crippen molar-refractivity contribution in [2.45, 2.75) is 107 Å². The highest BCUT2D eigenvalue weighted by Crippen LogP contribution is 2.24. The summed E-state index contributed by atoms with van der Waals surface area (Å²) >= 11 is 0. The van der Waals surface area contributed by atoms with E-state index in [9.17, 15) is 19.2 Å². The lowest BCUT2D eigenvalue weighted by atomic mass is 9.81. The van der Waals surface area contributed by atoms with Crippen LogP contribution in [0.3, 0.4) is 0 Å². The number of ketones is 1. The molecule has 210 valence electrons. The molecule has 0 spiro atoms. The van der Waals surface area contributed by atoms with Crippen LogP contribution < -0.4 is 10.6 Å². The number of carbonyl (C=O) groups excluding carboxylic acids is 4. The van der Waals surface area contributed by atoms with Gasteiger partial charge in [0.05, 0.1) is 12.6 Å². The van der Waals surface area contributed by atoms with E-state index in [-0.39, 0.29) is 25.0 Å². The average molecular weight is 519 g/mol. The van der Waals surface area contributed by atoms with E-state index in [0.29, 0.717) is 18.8 Å². The number of Topliss-reactive ketones (excluding diaryl/α,β-unsaturated/α-hetero) is 1. The highest BCUT2D eigenvalue weighted by molar-refractivity contribution is 6.06. The molecule has 1 unspecified atom stereocenters. The molecule has 0 aliphatic carbocycles. The van der Waals surface area contributed by atoms with Crippen LogP contribution in [0, 0.1) is 17.3 Å². The Kier molecular flexibility index (Phi) is 17.2. The smallest absolute Gasteiger partial charge is 0.319 e. The van der Waals surface area contributed by atoms with E-state index in [0.717, 1.165) is 24.8 Å². The van der Waals surface area contributed by atoms with Gasteiger partial charge >= 0.3 is 5.97 Å². The van der Waals surface area contributed by atoms with Gasteiger partial charge in [0.1, 0.15) is 12.0 Å². The SMILES string of the molecule is CC(C)CCCCC(=O)NCC(=O)NC(CC(C)C)C(=O)C(C)(C)C(=O)OCc1ccccc1.CCC. The quantitative estimate of drug-likeness (QED) is 0.179. The van der Waals surface area contributed by atoms with Crippen molar-refractivity contribution in [2.24, 2.45) is 17.3 Å². The fraction of sp³-hybridized carbons (Fsp3) is 0.667. The predicted octanol–water partition coefficient (Wildman–Crippen LogP) is 5.60. The standard InChI is InChI=1S/C27H42N2O5.C3H8/c1-19(2)12-10-11-15-23(30)28-17-24(31)29-22(16-20(3)4)25(32)27(5,6)26(33)34-18-21-13-8-7-9-14-21;1-3-2/h7-9,13-14,19-20,22H,10-12,15-18H2,1-6H3,(H,28,30)(H,29,31);3H2,1-2H3. The molecule has 1 rings (SSSR count). The number of carbonyl (C=O) groups is 4. The molecule has 1 aromatic rings. The molecule has 1 atom stereocenters. The van der Waals surface area contributed by atoms with Crippen LogP contribution in [0.25, 0.3) is 0 Å². The molecule has 0 aliphatic rings. The third-order valence-electron chi connectivity index (χ3n) is 5.58. The first kappa shape index (κ1) is 34.3. The van der Waals surface area contributed by atoms with Crippen LogP contribution in [-0.2, 0) is 30.5 Å².